The number of aliphatic imine (C=N–C) groups is 2. The van der Waals surface area contributed by atoms with Gasteiger partial charge in [-0.2, -0.15) is 0 Å². The summed E-state index contributed by atoms with van der Waals surface area (Å²) in [6.07, 6.45) is 9.33. The van der Waals surface area contributed by atoms with Crippen molar-refractivity contribution in [1.82, 2.24) is 19.9 Å². The number of carboxylic acid groups (broad SMARTS) is 2. The number of aromatic nitrogens is 4. The molecule has 10 nitrogen and oxygen atoms in total. The summed E-state index contributed by atoms with van der Waals surface area (Å²) in [7, 11) is 0. The monoisotopic (exact) mass is 408 g/mol. The number of aromatic amines is 2. The van der Waals surface area contributed by atoms with Crippen LogP contribution in [0.3, 0.4) is 0 Å². The third-order valence-corrected chi connectivity index (χ3v) is 4.29. The van der Waals surface area contributed by atoms with E-state index in [-0.39, 0.29) is 12.8 Å². The Hall–Kier alpha value is -4.08. The Kier molecular flexibility index (Phi) is 6.83. The number of carboxylic acids is 2. The van der Waals surface area contributed by atoms with Gasteiger partial charge in [-0.05, 0) is 0 Å². The van der Waals surface area contributed by atoms with Crippen LogP contribution in [0.2, 0.25) is 0 Å². The van der Waals surface area contributed by atoms with E-state index in [1.807, 2.05) is 0 Å². The van der Waals surface area contributed by atoms with Gasteiger partial charge >= 0.3 is 11.9 Å². The molecule has 2 unspecified atom stereocenters. The Morgan fingerprint density at radius 1 is 0.867 bits per heavy atom. The van der Waals surface area contributed by atoms with Crippen molar-refractivity contribution in [3.05, 3.63) is 71.8 Å². The Balaban J connectivity index is 1.77. The van der Waals surface area contributed by atoms with E-state index in [9.17, 15) is 19.8 Å². The molecule has 0 fully saturated rings. The highest BCUT2D eigenvalue weighted by molar-refractivity contribution is 5.95. The summed E-state index contributed by atoms with van der Waals surface area (Å²) in [5, 5.41) is 18.9. The number of hydrogen-bond donors (Lipinski definition) is 4. The van der Waals surface area contributed by atoms with Crippen LogP contribution >= 0.6 is 0 Å². The molecule has 0 saturated carbocycles. The second-order valence-electron chi connectivity index (χ2n) is 6.46. The minimum atomic E-state index is -1.06. The van der Waals surface area contributed by atoms with Crippen molar-refractivity contribution >= 4 is 24.4 Å². The van der Waals surface area contributed by atoms with Crippen LogP contribution in [-0.2, 0) is 22.4 Å². The highest BCUT2D eigenvalue weighted by atomic mass is 16.4. The Morgan fingerprint density at radius 3 is 1.63 bits per heavy atom. The molecule has 0 amide bonds. The van der Waals surface area contributed by atoms with Crippen molar-refractivity contribution in [2.75, 3.05) is 0 Å². The van der Waals surface area contributed by atoms with E-state index in [2.05, 4.69) is 29.9 Å². The number of nitrogens with zero attached hydrogens (tertiary/aromatic N) is 4. The van der Waals surface area contributed by atoms with Crippen molar-refractivity contribution in [2.24, 2.45) is 9.98 Å². The molecule has 0 aliphatic heterocycles. The van der Waals surface area contributed by atoms with Gasteiger partial charge in [-0.3, -0.25) is 9.98 Å². The number of H-pyrrole nitrogens is 2. The fourth-order valence-electron chi connectivity index (χ4n) is 2.70. The van der Waals surface area contributed by atoms with E-state index >= 15 is 0 Å². The molecule has 0 spiro atoms. The Bertz CT molecular complexity index is 944. The Morgan fingerprint density at radius 2 is 1.30 bits per heavy atom. The third-order valence-electron chi connectivity index (χ3n) is 4.29. The van der Waals surface area contributed by atoms with E-state index in [1.54, 1.807) is 36.7 Å². The van der Waals surface area contributed by atoms with Crippen LogP contribution < -0.4 is 0 Å². The molecule has 0 aliphatic carbocycles. The number of imidazole rings is 2. The zero-order chi connectivity index (χ0) is 21.3. The van der Waals surface area contributed by atoms with Gasteiger partial charge in [0.15, 0.2) is 12.1 Å². The number of carbonyl (C=O) groups is 2. The molecule has 2 heterocycles. The van der Waals surface area contributed by atoms with Gasteiger partial charge in [-0.1, -0.05) is 24.3 Å². The highest BCUT2D eigenvalue weighted by Crippen LogP contribution is 2.09. The van der Waals surface area contributed by atoms with E-state index in [1.165, 1.54) is 25.1 Å². The maximum atomic E-state index is 11.5. The Labute approximate surface area is 171 Å². The molecule has 2 atom stereocenters. The number of rotatable bonds is 10. The number of nitrogens with one attached hydrogen (secondary N) is 2. The van der Waals surface area contributed by atoms with Crippen LogP contribution in [0.1, 0.15) is 22.5 Å². The molecule has 0 radical (unpaired) electrons. The molecule has 10 heteroatoms. The van der Waals surface area contributed by atoms with E-state index in [0.29, 0.717) is 22.5 Å². The third kappa shape index (κ3) is 5.71. The summed E-state index contributed by atoms with van der Waals surface area (Å²) in [6.45, 7) is 0. The minimum absolute atomic E-state index is 0.174. The van der Waals surface area contributed by atoms with Crippen LogP contribution in [0, 0.1) is 0 Å². The first-order valence-electron chi connectivity index (χ1n) is 9.08. The second-order valence-corrected chi connectivity index (χ2v) is 6.46. The fourth-order valence-corrected chi connectivity index (χ4v) is 2.70. The molecule has 30 heavy (non-hydrogen) atoms. The zero-order valence-corrected chi connectivity index (χ0v) is 15.8. The van der Waals surface area contributed by atoms with Crippen LogP contribution in [0.4, 0.5) is 0 Å². The van der Waals surface area contributed by atoms with Gasteiger partial charge in [-0.15, -0.1) is 0 Å². The van der Waals surface area contributed by atoms with Gasteiger partial charge < -0.3 is 20.2 Å². The fraction of sp³-hybridized carbons (Fsp3) is 0.200. The van der Waals surface area contributed by atoms with Crippen LogP contribution in [-0.4, -0.2) is 66.6 Å². The van der Waals surface area contributed by atoms with E-state index < -0.39 is 24.0 Å². The lowest BCUT2D eigenvalue weighted by atomic mass is 10.1. The minimum Gasteiger partial charge on any atom is -0.480 e. The summed E-state index contributed by atoms with van der Waals surface area (Å²) < 4.78 is 0. The van der Waals surface area contributed by atoms with Gasteiger partial charge in [0.1, 0.15) is 0 Å². The smallest absolute Gasteiger partial charge is 0.328 e. The van der Waals surface area contributed by atoms with Crippen molar-refractivity contribution in [1.29, 1.82) is 0 Å². The summed E-state index contributed by atoms with van der Waals surface area (Å²) in [5.74, 6) is -2.12. The SMILES string of the molecule is O=C(O)C(Cc1cnc[nH]1)N=Cc1ccccc1C=NC(Cc1cnc[nH]1)C(=O)O. The maximum Gasteiger partial charge on any atom is 0.328 e. The maximum absolute atomic E-state index is 11.5. The lowest BCUT2D eigenvalue weighted by molar-refractivity contribution is -0.139. The largest absolute Gasteiger partial charge is 0.480 e. The van der Waals surface area contributed by atoms with Gasteiger partial charge in [0.2, 0.25) is 0 Å². The molecule has 1 aromatic carbocycles. The summed E-state index contributed by atoms with van der Waals surface area (Å²) in [4.78, 5) is 44.9. The van der Waals surface area contributed by atoms with Crippen molar-refractivity contribution < 1.29 is 19.8 Å². The van der Waals surface area contributed by atoms with E-state index in [4.69, 9.17) is 0 Å². The second kappa shape index (κ2) is 9.92. The molecule has 0 aliphatic rings. The van der Waals surface area contributed by atoms with Crippen molar-refractivity contribution in [3.63, 3.8) is 0 Å². The molecule has 154 valence electrons. The molecule has 2 aromatic heterocycles. The van der Waals surface area contributed by atoms with Gasteiger partial charge in [0, 0.05) is 60.2 Å². The predicted octanol–water partition coefficient (Wildman–Crippen LogP) is 1.36. The first-order valence-corrected chi connectivity index (χ1v) is 9.08. The first kappa shape index (κ1) is 20.6. The molecule has 0 bridgehead atoms. The summed E-state index contributed by atoms with van der Waals surface area (Å²) in [6, 6.07) is 5.10. The van der Waals surface area contributed by atoms with E-state index in [0.717, 1.165) is 0 Å². The van der Waals surface area contributed by atoms with Crippen LogP contribution in [0.25, 0.3) is 0 Å². The van der Waals surface area contributed by atoms with Crippen LogP contribution in [0.15, 0.2) is 59.3 Å². The average molecular weight is 408 g/mol. The van der Waals surface area contributed by atoms with Crippen LogP contribution in [0.5, 0.6) is 0 Å². The zero-order valence-electron chi connectivity index (χ0n) is 15.8. The average Bonchev–Trinajstić information content (AvgIpc) is 3.42. The summed E-state index contributed by atoms with van der Waals surface area (Å²) >= 11 is 0. The topological polar surface area (TPSA) is 157 Å². The molecule has 3 aromatic rings. The number of benzene rings is 1. The summed E-state index contributed by atoms with van der Waals surface area (Å²) in [5.41, 5.74) is 2.58. The predicted molar refractivity (Wildman–Crippen MR) is 109 cm³/mol. The molecular weight excluding hydrogens is 388 g/mol. The molecule has 4 N–H and O–H groups in total. The number of aliphatic carboxylic acids is 2. The number of hydrogen-bond acceptors (Lipinski definition) is 6. The standard InChI is InChI=1S/C20H20N6O4/c27-19(28)17(5-15-9-21-11-25-15)23-7-13-3-1-2-4-14(13)8-24-18(20(29)30)6-16-10-22-12-26-16/h1-4,7-12,17-18H,5-6H2,(H,21,25)(H,22,26)(H,27,28)(H,29,30). The highest BCUT2D eigenvalue weighted by Gasteiger charge is 2.18. The molecular formula is C20H20N6O4. The van der Waals surface area contributed by atoms with Gasteiger partial charge in [-0.25, -0.2) is 19.6 Å². The first-order chi connectivity index (χ1) is 14.5. The lowest BCUT2D eigenvalue weighted by Gasteiger charge is -2.08. The van der Waals surface area contributed by atoms with Crippen molar-refractivity contribution in [2.45, 2.75) is 24.9 Å². The lowest BCUT2D eigenvalue weighted by Crippen LogP contribution is -2.21. The van der Waals surface area contributed by atoms with Gasteiger partial charge in [0.05, 0.1) is 12.7 Å². The molecule has 3 rings (SSSR count). The molecule has 0 saturated heterocycles. The van der Waals surface area contributed by atoms with Crippen molar-refractivity contribution in [3.8, 4) is 0 Å². The van der Waals surface area contributed by atoms with Gasteiger partial charge in [0.25, 0.3) is 0 Å². The quantitative estimate of drug-likeness (QED) is 0.371. The normalized spacial score (nSPS) is 13.6.